The van der Waals surface area contributed by atoms with Gasteiger partial charge in [0.2, 0.25) is 0 Å². The molecule has 0 spiro atoms. The van der Waals surface area contributed by atoms with Gasteiger partial charge in [0, 0.05) is 26.1 Å². The number of benzene rings is 1. The molecule has 106 valence electrons. The van der Waals surface area contributed by atoms with Crippen LogP contribution < -0.4 is 4.74 Å². The highest BCUT2D eigenvalue weighted by molar-refractivity contribution is 5.33. The first-order valence-corrected chi connectivity index (χ1v) is 6.17. The van der Waals surface area contributed by atoms with Gasteiger partial charge >= 0.3 is 0 Å². The molecule has 3 nitrogen and oxygen atoms in total. The van der Waals surface area contributed by atoms with Gasteiger partial charge in [-0.2, -0.15) is 0 Å². The van der Waals surface area contributed by atoms with Crippen LogP contribution in [0, 0.1) is 5.92 Å². The molecule has 0 saturated heterocycles. The normalized spacial score (nSPS) is 40.1. The van der Waals surface area contributed by atoms with Gasteiger partial charge in [-0.15, -0.1) is 0 Å². The van der Waals surface area contributed by atoms with E-state index in [0.29, 0.717) is 5.75 Å². The summed E-state index contributed by atoms with van der Waals surface area (Å²) in [7, 11) is 1.38. The summed E-state index contributed by atoms with van der Waals surface area (Å²) in [5, 5.41) is 11.6. The Morgan fingerprint density at radius 3 is 3.16 bits per heavy atom. The summed E-state index contributed by atoms with van der Waals surface area (Å²) in [5.41, 5.74) is -2.50. The first-order valence-electron chi connectivity index (χ1n) is 11.2. The van der Waals surface area contributed by atoms with E-state index in [1.807, 2.05) is 0 Å². The van der Waals surface area contributed by atoms with Gasteiger partial charge in [0.25, 0.3) is 0 Å². The third kappa shape index (κ3) is 3.10. The molecule has 3 heteroatoms. The van der Waals surface area contributed by atoms with Crippen molar-refractivity contribution in [1.82, 2.24) is 4.90 Å². The molecule has 1 saturated carbocycles. The number of hydrogen-bond acceptors (Lipinski definition) is 3. The largest absolute Gasteiger partial charge is 0.497 e. The predicted molar refractivity (Wildman–Crippen MR) is 77.4 cm³/mol. The summed E-state index contributed by atoms with van der Waals surface area (Å²) in [6.45, 7) is -9.76. The summed E-state index contributed by atoms with van der Waals surface area (Å²) in [4.78, 5) is -0.218. The molecule has 1 aromatic rings. The van der Waals surface area contributed by atoms with Crippen molar-refractivity contribution in [1.29, 1.82) is 0 Å². The van der Waals surface area contributed by atoms with Crippen molar-refractivity contribution in [3.05, 3.63) is 29.8 Å². The Bertz CT molecular complexity index is 719. The summed E-state index contributed by atoms with van der Waals surface area (Å²) in [6.07, 6.45) is -2.40. The Kier molecular flexibility index (Phi) is 1.92. The maximum Gasteiger partial charge on any atom is 0.119 e. The Balaban J connectivity index is 2.72. The Morgan fingerprint density at radius 2 is 2.42 bits per heavy atom. The zero-order valence-corrected chi connectivity index (χ0v) is 10.8. The minimum atomic E-state index is -3.34. The number of hydrogen-bond donors (Lipinski definition) is 1. The highest BCUT2D eigenvalue weighted by Gasteiger charge is 2.40. The average Bonchev–Trinajstić information content (AvgIpc) is 2.53. The van der Waals surface area contributed by atoms with Crippen LogP contribution in [0.15, 0.2) is 24.3 Å². The topological polar surface area (TPSA) is 32.7 Å². The van der Waals surface area contributed by atoms with Gasteiger partial charge in [-0.25, -0.2) is 0 Å². The monoisotopic (exact) mass is 273 g/mol. The first-order chi connectivity index (χ1) is 13.0. The van der Waals surface area contributed by atoms with Crippen molar-refractivity contribution in [2.45, 2.75) is 31.2 Å². The van der Waals surface area contributed by atoms with Crippen LogP contribution in [0.3, 0.4) is 0 Å². The molecule has 0 aromatic heterocycles. The van der Waals surface area contributed by atoms with Crippen molar-refractivity contribution in [3.63, 3.8) is 0 Å². The lowest BCUT2D eigenvalue weighted by Crippen LogP contribution is -2.43. The van der Waals surface area contributed by atoms with Crippen LogP contribution in [0.1, 0.15) is 44.9 Å². The fraction of sp³-hybridized carbons (Fsp3) is 0.625. The fourth-order valence-corrected chi connectivity index (χ4v) is 2.39. The summed E-state index contributed by atoms with van der Waals surface area (Å²) in [6, 6.07) is 5.80. The van der Waals surface area contributed by atoms with E-state index in [4.69, 9.17) is 18.4 Å². The van der Waals surface area contributed by atoms with Crippen molar-refractivity contribution in [2.75, 3.05) is 27.6 Å². The first kappa shape index (κ1) is 6.15. The van der Waals surface area contributed by atoms with Crippen LogP contribution in [0.5, 0.6) is 5.75 Å². The van der Waals surface area contributed by atoms with Crippen LogP contribution >= 0.6 is 0 Å². The molecule has 19 heavy (non-hydrogen) atoms. The number of rotatable bonds is 4. The minimum absolute atomic E-state index is 0.00791. The van der Waals surface area contributed by atoms with Crippen molar-refractivity contribution >= 4 is 0 Å². The maximum absolute atomic E-state index is 11.6. The quantitative estimate of drug-likeness (QED) is 0.915. The molecule has 0 unspecified atom stereocenters. The molecule has 0 aliphatic heterocycles. The van der Waals surface area contributed by atoms with Gasteiger partial charge in [0.15, 0.2) is 0 Å². The molecule has 2 atom stereocenters. The van der Waals surface area contributed by atoms with E-state index < -0.39 is 38.3 Å². The molecule has 1 fully saturated rings. The molecule has 0 amide bonds. The van der Waals surface area contributed by atoms with Crippen LogP contribution in [0.4, 0.5) is 0 Å². The second-order valence-electron chi connectivity index (χ2n) is 4.58. The second kappa shape index (κ2) is 5.93. The van der Waals surface area contributed by atoms with E-state index in [9.17, 15) is 5.11 Å². The van der Waals surface area contributed by atoms with Crippen LogP contribution in [0.2, 0.25) is 0 Å². The number of ether oxygens (including phenoxy) is 1. The van der Waals surface area contributed by atoms with Gasteiger partial charge < -0.3 is 14.7 Å². The van der Waals surface area contributed by atoms with Gasteiger partial charge in [0.1, 0.15) is 5.75 Å². The zero-order valence-electron chi connectivity index (χ0n) is 20.8. The predicted octanol–water partition coefficient (Wildman–Crippen LogP) is 2.63. The second-order valence-corrected chi connectivity index (χ2v) is 4.58. The van der Waals surface area contributed by atoms with Crippen LogP contribution in [-0.2, 0) is 5.60 Å². The van der Waals surface area contributed by atoms with Crippen LogP contribution in [0.25, 0.3) is 0 Å². The highest BCUT2D eigenvalue weighted by Crippen LogP contribution is 2.42. The minimum Gasteiger partial charge on any atom is -0.497 e. The van der Waals surface area contributed by atoms with Crippen LogP contribution in [-0.4, -0.2) is 37.6 Å². The molecule has 1 aliphatic rings. The Labute approximate surface area is 130 Å². The van der Waals surface area contributed by atoms with Gasteiger partial charge in [0.05, 0.1) is 12.7 Å². The van der Waals surface area contributed by atoms with Gasteiger partial charge in [-0.3, -0.25) is 0 Å². The SMILES string of the molecule is [2H]C([2H])([2H])N(C([2H])([2H])[2H])C([2H])([2H])[C@@H]1CCCC([2H])([2H])[C@@]1(O)c1cccc(OC)c1. The van der Waals surface area contributed by atoms with E-state index in [-0.39, 0.29) is 29.7 Å². The number of aliphatic hydroxyl groups is 1. The molecular weight excluding hydrogens is 238 g/mol. The zero-order chi connectivity index (χ0) is 22.5. The number of methoxy groups -OCH3 is 1. The average molecular weight is 273 g/mol. The molecule has 2 rings (SSSR count). The Morgan fingerprint density at radius 1 is 1.58 bits per heavy atom. The summed E-state index contributed by atoms with van der Waals surface area (Å²) < 4.78 is 84.4. The van der Waals surface area contributed by atoms with E-state index in [1.165, 1.54) is 25.3 Å². The maximum atomic E-state index is 11.6. The lowest BCUT2D eigenvalue weighted by Gasteiger charge is -2.41. The van der Waals surface area contributed by atoms with Crippen molar-refractivity contribution < 1.29 is 23.6 Å². The molecule has 1 N–H and O–H groups in total. The van der Waals surface area contributed by atoms with Crippen molar-refractivity contribution in [2.24, 2.45) is 5.92 Å². The highest BCUT2D eigenvalue weighted by atomic mass is 16.5. The third-order valence-electron chi connectivity index (χ3n) is 3.36. The van der Waals surface area contributed by atoms with E-state index in [1.54, 1.807) is 6.07 Å². The standard InChI is InChI=1S/C16H25NO2/c1-17(2)12-14-7-4-5-10-16(14,18)13-8-6-9-15(11-13)19-3/h6,8-9,11,14,18H,4-5,7,10,12H2,1-3H3/t14-,16+/m0/s1/i1D3,2D3,10D2,12D2. The lowest BCUT2D eigenvalue weighted by atomic mass is 9.71. The molecule has 0 heterocycles. The van der Waals surface area contributed by atoms with E-state index in [0.717, 1.165) is 0 Å². The van der Waals surface area contributed by atoms with Gasteiger partial charge in [-0.1, -0.05) is 25.0 Å². The number of nitrogens with zero attached hydrogens (tertiary/aromatic N) is 1. The Hall–Kier alpha value is -1.06. The lowest BCUT2D eigenvalue weighted by molar-refractivity contribution is -0.0619. The third-order valence-corrected chi connectivity index (χ3v) is 3.36. The molecule has 1 aromatic carbocycles. The molecular formula is C16H25NO2. The fourth-order valence-electron chi connectivity index (χ4n) is 2.39. The summed E-state index contributed by atoms with van der Waals surface area (Å²) in [5.74, 6) is -1.38. The summed E-state index contributed by atoms with van der Waals surface area (Å²) >= 11 is 0. The molecule has 1 aliphatic carbocycles. The molecule has 0 bridgehead atoms. The molecule has 0 radical (unpaired) electrons. The van der Waals surface area contributed by atoms with E-state index in [2.05, 4.69) is 0 Å². The van der Waals surface area contributed by atoms with E-state index >= 15 is 0 Å². The van der Waals surface area contributed by atoms with Crippen molar-refractivity contribution in [3.8, 4) is 5.75 Å². The van der Waals surface area contributed by atoms with Gasteiger partial charge in [-0.05, 0) is 44.4 Å². The smallest absolute Gasteiger partial charge is 0.119 e.